The number of halogens is 5. The zero-order valence-corrected chi connectivity index (χ0v) is 21.6. The van der Waals surface area contributed by atoms with Gasteiger partial charge in [-0.2, -0.15) is 9.57 Å². The fourth-order valence-corrected chi connectivity index (χ4v) is 6.39. The van der Waals surface area contributed by atoms with Crippen LogP contribution in [-0.2, 0) is 10.0 Å². The fraction of sp³-hybridized carbons (Fsp3) is 0.208. The Bertz CT molecular complexity index is 1690. The van der Waals surface area contributed by atoms with E-state index >= 15 is 0 Å². The van der Waals surface area contributed by atoms with Crippen LogP contribution in [0.3, 0.4) is 0 Å². The van der Waals surface area contributed by atoms with Crippen molar-refractivity contribution in [2.75, 3.05) is 18.4 Å². The lowest BCUT2D eigenvalue weighted by molar-refractivity contribution is 0.329. The third kappa shape index (κ3) is 5.54. The zero-order valence-electron chi connectivity index (χ0n) is 20.0. The number of aromatic nitrogens is 3. The maximum absolute atomic E-state index is 13.1. The number of nitrogens with one attached hydrogen (secondary N) is 1. The molecule has 15 heteroatoms. The van der Waals surface area contributed by atoms with Gasteiger partial charge in [-0.25, -0.2) is 18.4 Å². The number of nitriles is 1. The highest BCUT2D eigenvalue weighted by Gasteiger charge is 2.65. The Kier molecular flexibility index (Phi) is 5.94. The molecule has 1 aliphatic heterocycles. The third-order valence-corrected chi connectivity index (χ3v) is 9.40. The van der Waals surface area contributed by atoms with Crippen molar-refractivity contribution in [1.82, 2.24) is 18.7 Å². The topological polar surface area (TPSA) is 103 Å². The average Bonchev–Trinajstić information content (AvgIpc) is 3.30. The molecule has 0 saturated carbocycles. The van der Waals surface area contributed by atoms with Crippen molar-refractivity contribution >= 4 is 31.6 Å². The maximum atomic E-state index is 13.1. The highest BCUT2D eigenvalue weighted by molar-refractivity contribution is 8.45. The van der Waals surface area contributed by atoms with E-state index in [4.69, 9.17) is 0 Å². The predicted molar refractivity (Wildman–Crippen MR) is 136 cm³/mol. The Labute approximate surface area is 220 Å². The van der Waals surface area contributed by atoms with Gasteiger partial charge in [0.25, 0.3) is 10.0 Å². The van der Waals surface area contributed by atoms with E-state index in [0.717, 1.165) is 12.1 Å². The molecule has 206 valence electrons. The Hall–Kier alpha value is -3.74. The van der Waals surface area contributed by atoms with Gasteiger partial charge in [-0.05, 0) is 61.4 Å². The summed E-state index contributed by atoms with van der Waals surface area (Å²) in [5, 5.41) is 12.1. The predicted octanol–water partition coefficient (Wildman–Crippen LogP) is 6.19. The molecule has 0 aliphatic carbocycles. The number of pyridine rings is 2. The van der Waals surface area contributed by atoms with Crippen LogP contribution in [0.4, 0.5) is 25.1 Å². The lowest BCUT2D eigenvalue weighted by Gasteiger charge is -2.40. The van der Waals surface area contributed by atoms with E-state index in [1.54, 1.807) is 28.8 Å². The molecule has 4 aromatic rings. The van der Waals surface area contributed by atoms with Gasteiger partial charge < -0.3 is 5.32 Å². The van der Waals surface area contributed by atoms with E-state index in [-0.39, 0.29) is 29.8 Å². The summed E-state index contributed by atoms with van der Waals surface area (Å²) in [5.41, 5.74) is 2.55. The number of nitrogens with zero attached hydrogens (tertiary/aromatic N) is 5. The molecule has 39 heavy (non-hydrogen) atoms. The molecule has 8 nitrogen and oxygen atoms in total. The van der Waals surface area contributed by atoms with Crippen molar-refractivity contribution in [3.8, 4) is 17.2 Å². The number of benzene rings is 1. The van der Waals surface area contributed by atoms with E-state index in [2.05, 4.69) is 15.3 Å². The third-order valence-electron chi connectivity index (χ3n) is 6.42. The molecule has 0 amide bonds. The van der Waals surface area contributed by atoms with Crippen LogP contribution < -0.4 is 5.32 Å². The molecule has 4 heterocycles. The quantitative estimate of drug-likeness (QED) is 0.271. The van der Waals surface area contributed by atoms with Gasteiger partial charge >= 0.3 is 10.2 Å². The molecule has 0 unspecified atom stereocenters. The van der Waals surface area contributed by atoms with E-state index in [9.17, 15) is 33.1 Å². The summed E-state index contributed by atoms with van der Waals surface area (Å²) in [6.07, 6.45) is 5.31. The van der Waals surface area contributed by atoms with Crippen LogP contribution in [0.2, 0.25) is 0 Å². The van der Waals surface area contributed by atoms with Gasteiger partial charge in [0.15, 0.2) is 5.03 Å². The standard InChI is InChI=1S/C24H21F5N6O2S2/c25-39(26,27,28,29)22-5-3-19(4-6-22)33-20-9-11-34(12-10-20)38(36,37)24-8-2-17(14-32-24)18-1-7-23-31-15-21(13-30)35(23)16-18/h1-8,14-16,20,33H,9-12H2. The number of imidazole rings is 1. The number of anilines is 1. The second-order valence-electron chi connectivity index (χ2n) is 9.10. The summed E-state index contributed by atoms with van der Waals surface area (Å²) in [5.74, 6) is 0. The largest absolute Gasteiger partial charge is 0.382 e. The molecule has 0 atom stereocenters. The van der Waals surface area contributed by atoms with Gasteiger partial charge in [0.1, 0.15) is 22.3 Å². The van der Waals surface area contributed by atoms with Crippen LogP contribution in [0.1, 0.15) is 18.5 Å². The molecule has 1 aromatic carbocycles. The first-order chi connectivity index (χ1) is 18.1. The Morgan fingerprint density at radius 3 is 2.15 bits per heavy atom. The highest BCUT2D eigenvalue weighted by atomic mass is 32.5. The normalized spacial score (nSPS) is 17.3. The van der Waals surface area contributed by atoms with Crippen LogP contribution in [0, 0.1) is 11.3 Å². The first kappa shape index (κ1) is 26.9. The number of hydrogen-bond donors (Lipinski definition) is 1. The highest BCUT2D eigenvalue weighted by Crippen LogP contribution is 3.02. The Morgan fingerprint density at radius 1 is 0.897 bits per heavy atom. The van der Waals surface area contributed by atoms with Crippen molar-refractivity contribution in [2.45, 2.75) is 28.8 Å². The lowest BCUT2D eigenvalue weighted by Crippen LogP contribution is -2.42. The summed E-state index contributed by atoms with van der Waals surface area (Å²) in [6, 6.07) is 10.9. The fourth-order valence-electron chi connectivity index (χ4n) is 4.35. The van der Waals surface area contributed by atoms with Crippen molar-refractivity contribution < 1.29 is 27.8 Å². The minimum atomic E-state index is -9.74. The number of sulfonamides is 1. The number of rotatable bonds is 6. The molecule has 0 bridgehead atoms. The first-order valence-electron chi connectivity index (χ1n) is 11.6. The molecule has 1 N–H and O–H groups in total. The van der Waals surface area contributed by atoms with Crippen LogP contribution in [0.15, 0.2) is 77.0 Å². The monoisotopic (exact) mass is 584 g/mol. The molecule has 0 spiro atoms. The number of fused-ring (bicyclic) bond motifs is 1. The number of hydrogen-bond acceptors (Lipinski definition) is 6. The summed E-state index contributed by atoms with van der Waals surface area (Å²) in [7, 11) is -13.6. The molecular weight excluding hydrogens is 563 g/mol. The van der Waals surface area contributed by atoms with Crippen molar-refractivity contribution in [3.05, 3.63) is 72.8 Å². The summed E-state index contributed by atoms with van der Waals surface area (Å²) in [6.45, 7) is 0.280. The Balaban J connectivity index is 1.23. The smallest absolute Gasteiger partial charge is 0.310 e. The van der Waals surface area contributed by atoms with Crippen molar-refractivity contribution in [3.63, 3.8) is 0 Å². The van der Waals surface area contributed by atoms with Gasteiger partial charge in [0.05, 0.1) is 6.20 Å². The minimum Gasteiger partial charge on any atom is -0.382 e. The van der Waals surface area contributed by atoms with Crippen LogP contribution >= 0.6 is 10.2 Å². The van der Waals surface area contributed by atoms with Gasteiger partial charge in [0.2, 0.25) is 0 Å². The van der Waals surface area contributed by atoms with E-state index in [0.29, 0.717) is 47.4 Å². The van der Waals surface area contributed by atoms with Crippen molar-refractivity contribution in [2.24, 2.45) is 0 Å². The molecule has 3 aromatic heterocycles. The van der Waals surface area contributed by atoms with E-state index < -0.39 is 25.1 Å². The van der Waals surface area contributed by atoms with Crippen LogP contribution in [-0.4, -0.2) is 46.2 Å². The van der Waals surface area contributed by atoms with Crippen LogP contribution in [0.25, 0.3) is 16.8 Å². The minimum absolute atomic E-state index is 0.134. The zero-order chi connectivity index (χ0) is 28.1. The lowest BCUT2D eigenvalue weighted by atomic mass is 10.1. The summed E-state index contributed by atoms with van der Waals surface area (Å²) in [4.78, 5) is 6.33. The Morgan fingerprint density at radius 2 is 1.56 bits per heavy atom. The van der Waals surface area contributed by atoms with Crippen molar-refractivity contribution in [1.29, 1.82) is 5.26 Å². The van der Waals surface area contributed by atoms with Crippen LogP contribution in [0.5, 0.6) is 0 Å². The van der Waals surface area contributed by atoms with Gasteiger partial charge in [-0.15, -0.1) is 0 Å². The molecule has 5 rings (SSSR count). The second kappa shape index (κ2) is 8.63. The SMILES string of the molecule is N#Cc1cnc2ccc(-c3ccc(S(=O)(=O)N4CCC(Nc5ccc(S(F)(F)(F)(F)F)cc5)CC4)nc3)cn12. The van der Waals surface area contributed by atoms with E-state index in [1.807, 2.05) is 6.07 Å². The average molecular weight is 585 g/mol. The maximum Gasteiger partial charge on any atom is 0.310 e. The van der Waals surface area contributed by atoms with Gasteiger partial charge in [0, 0.05) is 48.3 Å². The van der Waals surface area contributed by atoms with E-state index in [1.165, 1.54) is 22.8 Å². The summed E-state index contributed by atoms with van der Waals surface area (Å²) < 4.78 is 93.7. The first-order valence-corrected chi connectivity index (χ1v) is 15.0. The molecule has 1 fully saturated rings. The molecule has 1 aliphatic rings. The number of piperidine rings is 1. The van der Waals surface area contributed by atoms with Gasteiger partial charge in [-0.1, -0.05) is 19.4 Å². The second-order valence-corrected chi connectivity index (χ2v) is 13.4. The molecule has 0 radical (unpaired) electrons. The molecule has 1 saturated heterocycles. The molecular formula is C24H21F5N6O2S2. The summed E-state index contributed by atoms with van der Waals surface area (Å²) >= 11 is 0. The van der Waals surface area contributed by atoms with Gasteiger partial charge in [-0.3, -0.25) is 4.40 Å².